The van der Waals surface area contributed by atoms with Crippen LogP contribution in [0.3, 0.4) is 0 Å². The van der Waals surface area contributed by atoms with Crippen molar-refractivity contribution in [3.63, 3.8) is 0 Å². The zero-order chi connectivity index (χ0) is 17.5. The lowest BCUT2D eigenvalue weighted by atomic mass is 10.1. The van der Waals surface area contributed by atoms with Crippen molar-refractivity contribution in [3.05, 3.63) is 58.1 Å². The van der Waals surface area contributed by atoms with E-state index in [0.29, 0.717) is 24.3 Å². The Balaban J connectivity index is 1.93. The fraction of sp³-hybridized carbons (Fsp3) is 0.316. The number of ether oxygens (including phenoxy) is 2. The standard InChI is InChI=1S/C19H22BrNO3/c1-13(15-8-9-17(23-2)18(12-15)24-3)21-19(22)10-7-14-5-4-6-16(20)11-14/h4-6,8-9,11-13H,7,10H2,1-3H3,(H,21,22). The highest BCUT2D eigenvalue weighted by molar-refractivity contribution is 9.10. The van der Waals surface area contributed by atoms with E-state index in [1.54, 1.807) is 14.2 Å². The van der Waals surface area contributed by atoms with Gasteiger partial charge in [0.2, 0.25) is 5.91 Å². The van der Waals surface area contributed by atoms with E-state index in [0.717, 1.165) is 15.6 Å². The number of amides is 1. The Kier molecular flexibility index (Phi) is 6.67. The van der Waals surface area contributed by atoms with Gasteiger partial charge in [0, 0.05) is 10.9 Å². The highest BCUT2D eigenvalue weighted by Gasteiger charge is 2.12. The van der Waals surface area contributed by atoms with E-state index in [2.05, 4.69) is 21.2 Å². The fourth-order valence-corrected chi connectivity index (χ4v) is 2.92. The lowest BCUT2D eigenvalue weighted by Crippen LogP contribution is -2.26. The molecule has 1 atom stereocenters. The number of halogens is 1. The van der Waals surface area contributed by atoms with Crippen molar-refractivity contribution in [2.45, 2.75) is 25.8 Å². The predicted molar refractivity (Wildman–Crippen MR) is 98.6 cm³/mol. The van der Waals surface area contributed by atoms with Crippen LogP contribution < -0.4 is 14.8 Å². The van der Waals surface area contributed by atoms with Crippen LogP contribution in [0.15, 0.2) is 46.9 Å². The first-order chi connectivity index (χ1) is 11.5. The molecule has 24 heavy (non-hydrogen) atoms. The molecule has 1 unspecified atom stereocenters. The summed E-state index contributed by atoms with van der Waals surface area (Å²) in [6.07, 6.45) is 1.16. The molecule has 0 saturated carbocycles. The van der Waals surface area contributed by atoms with Gasteiger partial charge in [0.25, 0.3) is 0 Å². The van der Waals surface area contributed by atoms with E-state index in [1.807, 2.05) is 49.4 Å². The Morgan fingerprint density at radius 2 is 1.88 bits per heavy atom. The van der Waals surface area contributed by atoms with Crippen molar-refractivity contribution >= 4 is 21.8 Å². The van der Waals surface area contributed by atoms with E-state index in [-0.39, 0.29) is 11.9 Å². The first kappa shape index (κ1) is 18.3. The number of rotatable bonds is 7. The monoisotopic (exact) mass is 391 g/mol. The zero-order valence-electron chi connectivity index (χ0n) is 14.1. The minimum absolute atomic E-state index is 0.0252. The van der Waals surface area contributed by atoms with Gasteiger partial charge in [0.1, 0.15) is 0 Å². The van der Waals surface area contributed by atoms with E-state index < -0.39 is 0 Å². The summed E-state index contributed by atoms with van der Waals surface area (Å²) in [6, 6.07) is 13.6. The van der Waals surface area contributed by atoms with Crippen LogP contribution in [-0.4, -0.2) is 20.1 Å². The Bertz CT molecular complexity index is 703. The van der Waals surface area contributed by atoms with Crippen LogP contribution in [0.5, 0.6) is 11.5 Å². The van der Waals surface area contributed by atoms with Crippen LogP contribution in [-0.2, 0) is 11.2 Å². The third-order valence-electron chi connectivity index (χ3n) is 3.81. The summed E-state index contributed by atoms with van der Waals surface area (Å²) in [4.78, 5) is 12.2. The molecule has 0 aliphatic carbocycles. The van der Waals surface area contributed by atoms with E-state index in [1.165, 1.54) is 0 Å². The van der Waals surface area contributed by atoms with Gasteiger partial charge in [0.05, 0.1) is 20.3 Å². The van der Waals surface area contributed by atoms with Gasteiger partial charge < -0.3 is 14.8 Å². The molecule has 2 rings (SSSR count). The summed E-state index contributed by atoms with van der Waals surface area (Å²) in [5.41, 5.74) is 2.11. The molecule has 0 heterocycles. The van der Waals surface area contributed by atoms with Crippen molar-refractivity contribution in [3.8, 4) is 11.5 Å². The molecular formula is C19H22BrNO3. The molecule has 0 saturated heterocycles. The SMILES string of the molecule is COc1ccc(C(C)NC(=O)CCc2cccc(Br)c2)cc1OC. The van der Waals surface area contributed by atoms with Crippen LogP contribution in [0.2, 0.25) is 0 Å². The number of hydrogen-bond donors (Lipinski definition) is 1. The second kappa shape index (κ2) is 8.73. The van der Waals surface area contributed by atoms with Gasteiger partial charge in [-0.05, 0) is 48.7 Å². The molecule has 4 nitrogen and oxygen atoms in total. The first-order valence-electron chi connectivity index (χ1n) is 7.79. The molecule has 0 fully saturated rings. The maximum atomic E-state index is 12.2. The molecule has 0 bridgehead atoms. The smallest absolute Gasteiger partial charge is 0.220 e. The van der Waals surface area contributed by atoms with Crippen LogP contribution in [0.25, 0.3) is 0 Å². The van der Waals surface area contributed by atoms with Crippen molar-refractivity contribution in [2.75, 3.05) is 14.2 Å². The molecule has 0 aliphatic rings. The Morgan fingerprint density at radius 3 is 2.54 bits per heavy atom. The van der Waals surface area contributed by atoms with Crippen molar-refractivity contribution in [1.82, 2.24) is 5.32 Å². The molecule has 2 aromatic carbocycles. The molecule has 0 spiro atoms. The Morgan fingerprint density at radius 1 is 1.12 bits per heavy atom. The molecular weight excluding hydrogens is 370 g/mol. The van der Waals surface area contributed by atoms with Crippen LogP contribution in [0, 0.1) is 0 Å². The van der Waals surface area contributed by atoms with Gasteiger partial charge in [-0.25, -0.2) is 0 Å². The number of hydrogen-bond acceptors (Lipinski definition) is 3. The van der Waals surface area contributed by atoms with Gasteiger partial charge >= 0.3 is 0 Å². The number of aryl methyl sites for hydroxylation is 1. The number of carbonyl (C=O) groups is 1. The van der Waals surface area contributed by atoms with Crippen molar-refractivity contribution in [1.29, 1.82) is 0 Å². The molecule has 2 aromatic rings. The molecule has 0 radical (unpaired) electrons. The first-order valence-corrected chi connectivity index (χ1v) is 8.58. The van der Waals surface area contributed by atoms with E-state index in [4.69, 9.17) is 9.47 Å². The normalized spacial score (nSPS) is 11.7. The van der Waals surface area contributed by atoms with Gasteiger partial charge in [0.15, 0.2) is 11.5 Å². The summed E-state index contributed by atoms with van der Waals surface area (Å²) in [7, 11) is 3.20. The van der Waals surface area contributed by atoms with Crippen molar-refractivity contribution in [2.24, 2.45) is 0 Å². The van der Waals surface area contributed by atoms with E-state index in [9.17, 15) is 4.79 Å². The molecule has 128 valence electrons. The molecule has 0 aromatic heterocycles. The zero-order valence-corrected chi connectivity index (χ0v) is 15.7. The quantitative estimate of drug-likeness (QED) is 0.765. The van der Waals surface area contributed by atoms with Gasteiger partial charge in [-0.2, -0.15) is 0 Å². The third kappa shape index (κ3) is 4.99. The second-order valence-electron chi connectivity index (χ2n) is 5.53. The number of nitrogens with one attached hydrogen (secondary N) is 1. The largest absolute Gasteiger partial charge is 0.493 e. The second-order valence-corrected chi connectivity index (χ2v) is 6.45. The van der Waals surface area contributed by atoms with Crippen LogP contribution in [0.1, 0.15) is 30.5 Å². The van der Waals surface area contributed by atoms with Gasteiger partial charge in [-0.15, -0.1) is 0 Å². The Labute approximate surface area is 151 Å². The minimum atomic E-state index is -0.0974. The number of methoxy groups -OCH3 is 2. The maximum absolute atomic E-state index is 12.2. The van der Waals surface area contributed by atoms with Crippen LogP contribution >= 0.6 is 15.9 Å². The highest BCUT2D eigenvalue weighted by Crippen LogP contribution is 2.29. The van der Waals surface area contributed by atoms with Crippen LogP contribution in [0.4, 0.5) is 0 Å². The average Bonchev–Trinajstić information content (AvgIpc) is 2.59. The topological polar surface area (TPSA) is 47.6 Å². The summed E-state index contributed by atoms with van der Waals surface area (Å²) < 4.78 is 11.6. The number of carbonyl (C=O) groups excluding carboxylic acids is 1. The number of benzene rings is 2. The lowest BCUT2D eigenvalue weighted by Gasteiger charge is -2.16. The summed E-state index contributed by atoms with van der Waals surface area (Å²) in [5, 5.41) is 3.02. The molecule has 1 N–H and O–H groups in total. The summed E-state index contributed by atoms with van der Waals surface area (Å²) in [6.45, 7) is 1.96. The Hall–Kier alpha value is -2.01. The highest BCUT2D eigenvalue weighted by atomic mass is 79.9. The molecule has 0 aliphatic heterocycles. The van der Waals surface area contributed by atoms with Gasteiger partial charge in [-0.1, -0.05) is 34.1 Å². The summed E-state index contributed by atoms with van der Waals surface area (Å²) >= 11 is 3.44. The van der Waals surface area contributed by atoms with Crippen molar-refractivity contribution < 1.29 is 14.3 Å². The molecule has 5 heteroatoms. The van der Waals surface area contributed by atoms with E-state index >= 15 is 0 Å². The molecule has 1 amide bonds. The fourth-order valence-electron chi connectivity index (χ4n) is 2.47. The maximum Gasteiger partial charge on any atom is 0.220 e. The average molecular weight is 392 g/mol. The van der Waals surface area contributed by atoms with Gasteiger partial charge in [-0.3, -0.25) is 4.79 Å². The third-order valence-corrected chi connectivity index (χ3v) is 4.31. The minimum Gasteiger partial charge on any atom is -0.493 e. The predicted octanol–water partition coefficient (Wildman–Crippen LogP) is 4.28. The lowest BCUT2D eigenvalue weighted by molar-refractivity contribution is -0.121. The summed E-state index contributed by atoms with van der Waals surface area (Å²) in [5.74, 6) is 1.36.